The maximum atomic E-state index is 14.1. The van der Waals surface area contributed by atoms with Gasteiger partial charge >= 0.3 is 24.0 Å². The van der Waals surface area contributed by atoms with Gasteiger partial charge in [0.1, 0.15) is 12.1 Å². The van der Waals surface area contributed by atoms with E-state index in [-0.39, 0.29) is 55.6 Å². The van der Waals surface area contributed by atoms with Crippen LogP contribution in [-0.4, -0.2) is 97.4 Å². The largest absolute Gasteiger partial charge is 0.478 e. The molecule has 6 amide bonds. The van der Waals surface area contributed by atoms with Gasteiger partial charge in [-0.15, -0.1) is 0 Å². The average molecular weight is 1090 g/mol. The van der Waals surface area contributed by atoms with E-state index < -0.39 is 58.7 Å². The summed E-state index contributed by atoms with van der Waals surface area (Å²) in [6.07, 6.45) is 0. The second-order valence-corrected chi connectivity index (χ2v) is 21.6. The molecule has 2 atom stereocenters. The number of nitrogens with zero attached hydrogens (tertiary/aromatic N) is 4. The van der Waals surface area contributed by atoms with Crippen LogP contribution in [0, 0.1) is 24.7 Å². The Morgan fingerprint density at radius 2 is 0.925 bits per heavy atom. The lowest BCUT2D eigenvalue weighted by atomic mass is 9.90. The van der Waals surface area contributed by atoms with Crippen molar-refractivity contribution in [2.24, 2.45) is 10.8 Å². The summed E-state index contributed by atoms with van der Waals surface area (Å²) in [6, 6.07) is 39.5. The fourth-order valence-electron chi connectivity index (χ4n) is 8.81. The molecule has 18 heteroatoms. The highest BCUT2D eigenvalue weighted by Crippen LogP contribution is 2.40. The number of carboxylic acid groups (broad SMARTS) is 1. The molecule has 8 rings (SSSR count). The van der Waals surface area contributed by atoms with Gasteiger partial charge in [-0.1, -0.05) is 102 Å². The van der Waals surface area contributed by atoms with E-state index in [1.165, 1.54) is 34.1 Å². The zero-order chi connectivity index (χ0) is 58.1. The summed E-state index contributed by atoms with van der Waals surface area (Å²) in [6.45, 7) is 16.6. The summed E-state index contributed by atoms with van der Waals surface area (Å²) in [7, 11) is 0. The maximum Gasteiger partial charge on any atom is 0.338 e. The van der Waals surface area contributed by atoms with Gasteiger partial charge in [-0.3, -0.25) is 19.2 Å². The van der Waals surface area contributed by atoms with Crippen molar-refractivity contribution in [2.75, 3.05) is 63.0 Å². The highest BCUT2D eigenvalue weighted by molar-refractivity contribution is 6.10. The van der Waals surface area contributed by atoms with E-state index in [2.05, 4.69) is 21.3 Å². The summed E-state index contributed by atoms with van der Waals surface area (Å²) in [4.78, 5) is 111. The summed E-state index contributed by atoms with van der Waals surface area (Å²) in [5, 5.41) is 20.2. The number of esters is 1. The van der Waals surface area contributed by atoms with E-state index in [4.69, 9.17) is 4.74 Å². The molecule has 2 aliphatic rings. The molecule has 0 fully saturated rings. The molecule has 0 spiro atoms. The standard InChI is InChI=1S/C32H36N4O5.C30H32N4O5/c1-6-41-30(39)22-11-10-12-23(18-22)33-31(40)34-25-19-35(24-13-8-7-9-14-24)26-16-15-21(2)17-27(26)36(29(25)38)20-28(37)32(3,4)5;1-19-13-14-24-25(15-19)34(18-26(35)30(2,3)4)27(36)23(17-33(24)22-11-6-5-7-12-22)32-29(39)31-21-10-8-9-20(16-21)28(37)38/h7-18,25H,6,19-20H2,1-5H3,(H2,33,34,40);5-16,23H,17-18H2,1-4H3,(H,37,38)(H2,31,32,39). The van der Waals surface area contributed by atoms with Gasteiger partial charge in [0.25, 0.3) is 11.8 Å². The smallest absolute Gasteiger partial charge is 0.338 e. The Bertz CT molecular complexity index is 3300. The van der Waals surface area contributed by atoms with Crippen molar-refractivity contribution in [1.82, 2.24) is 10.6 Å². The number of rotatable bonds is 13. The fraction of sp³-hybridized carbons (Fsp3) is 0.290. The number of carbonyl (C=O) groups excluding carboxylic acids is 7. The van der Waals surface area contributed by atoms with Crippen LogP contribution in [0.25, 0.3) is 0 Å². The summed E-state index contributed by atoms with van der Waals surface area (Å²) < 4.78 is 5.05. The van der Waals surface area contributed by atoms with Gasteiger partial charge in [0.2, 0.25) is 0 Å². The molecule has 0 radical (unpaired) electrons. The number of urea groups is 2. The van der Waals surface area contributed by atoms with Gasteiger partial charge in [-0.2, -0.15) is 0 Å². The Hall–Kier alpha value is -9.32. The minimum atomic E-state index is -1.12. The summed E-state index contributed by atoms with van der Waals surface area (Å²) in [5.41, 5.74) is 5.80. The first kappa shape index (κ1) is 58.4. The zero-order valence-electron chi connectivity index (χ0n) is 46.5. The lowest BCUT2D eigenvalue weighted by molar-refractivity contribution is -0.127. The van der Waals surface area contributed by atoms with Crippen LogP contribution in [0.4, 0.5) is 55.1 Å². The number of para-hydroxylation sites is 2. The van der Waals surface area contributed by atoms with Crippen molar-refractivity contribution in [3.63, 3.8) is 0 Å². The number of hydrogen-bond acceptors (Lipinski definition) is 11. The number of aryl methyl sites for hydroxylation is 2. The van der Waals surface area contributed by atoms with Crippen LogP contribution in [0.1, 0.15) is 80.3 Å². The second kappa shape index (κ2) is 25.0. The molecule has 0 saturated heterocycles. The van der Waals surface area contributed by atoms with Crippen molar-refractivity contribution in [2.45, 2.75) is 74.4 Å². The van der Waals surface area contributed by atoms with Crippen LogP contribution in [-0.2, 0) is 23.9 Å². The number of benzene rings is 6. The van der Waals surface area contributed by atoms with E-state index in [9.17, 15) is 43.5 Å². The van der Waals surface area contributed by atoms with Gasteiger partial charge in [-0.25, -0.2) is 19.2 Å². The maximum absolute atomic E-state index is 14.1. The molecule has 0 saturated carbocycles. The SMILES string of the molecule is CCOC(=O)c1cccc(NC(=O)NC2CN(c3ccccc3)c3ccc(C)cc3N(CC(=O)C(C)(C)C)C2=O)c1.Cc1ccc2c(c1)N(CC(=O)C(C)(C)C)C(=O)C(NC(=O)Nc1cccc(C(=O)O)c1)CN2c1ccccc1. The van der Waals surface area contributed by atoms with Crippen LogP contribution >= 0.6 is 0 Å². The number of hydrogen-bond donors (Lipinski definition) is 5. The van der Waals surface area contributed by atoms with Crippen LogP contribution in [0.2, 0.25) is 0 Å². The molecule has 6 aromatic rings. The predicted molar refractivity (Wildman–Crippen MR) is 311 cm³/mol. The Morgan fingerprint density at radius 3 is 1.31 bits per heavy atom. The molecule has 6 aromatic carbocycles. The lowest BCUT2D eigenvalue weighted by Gasteiger charge is -2.28. The first-order valence-corrected chi connectivity index (χ1v) is 26.2. The molecule has 2 unspecified atom stereocenters. The van der Waals surface area contributed by atoms with Crippen LogP contribution in [0.3, 0.4) is 0 Å². The van der Waals surface area contributed by atoms with E-state index in [0.29, 0.717) is 22.6 Å². The van der Waals surface area contributed by atoms with Crippen molar-refractivity contribution < 1.29 is 48.2 Å². The Kier molecular flexibility index (Phi) is 18.2. The molecule has 2 heterocycles. The molecular formula is C62H68N8O10. The first-order valence-electron chi connectivity index (χ1n) is 26.2. The molecule has 5 N–H and O–H groups in total. The van der Waals surface area contributed by atoms with Gasteiger partial charge in [0.05, 0.1) is 66.7 Å². The van der Waals surface area contributed by atoms with E-state index >= 15 is 0 Å². The number of carbonyl (C=O) groups is 8. The number of aromatic carboxylic acids is 1. The van der Waals surface area contributed by atoms with Gasteiger partial charge in [0, 0.05) is 33.6 Å². The average Bonchev–Trinajstić information content (AvgIpc) is 3.79. The fourth-order valence-corrected chi connectivity index (χ4v) is 8.81. The van der Waals surface area contributed by atoms with Crippen LogP contribution in [0.15, 0.2) is 146 Å². The lowest BCUT2D eigenvalue weighted by Crippen LogP contribution is -2.54. The number of ketones is 2. The minimum absolute atomic E-state index is 0.0197. The third kappa shape index (κ3) is 14.4. The molecule has 2 aliphatic heterocycles. The third-order valence-electron chi connectivity index (χ3n) is 13.3. The van der Waals surface area contributed by atoms with Crippen molar-refractivity contribution >= 4 is 92.9 Å². The van der Waals surface area contributed by atoms with Crippen molar-refractivity contribution in [3.8, 4) is 0 Å². The van der Waals surface area contributed by atoms with Crippen molar-refractivity contribution in [1.29, 1.82) is 0 Å². The quantitative estimate of drug-likeness (QED) is 0.0681. The molecular weight excluding hydrogens is 1020 g/mol. The zero-order valence-corrected chi connectivity index (χ0v) is 46.5. The van der Waals surface area contributed by atoms with Crippen LogP contribution < -0.4 is 40.9 Å². The van der Waals surface area contributed by atoms with Crippen molar-refractivity contribution in [3.05, 3.63) is 168 Å². The second-order valence-electron chi connectivity index (χ2n) is 21.6. The summed E-state index contributed by atoms with van der Waals surface area (Å²) >= 11 is 0. The highest BCUT2D eigenvalue weighted by atomic mass is 16.5. The summed E-state index contributed by atoms with van der Waals surface area (Å²) in [5.74, 6) is -2.67. The topological polar surface area (TPSA) is 227 Å². The Morgan fingerprint density at radius 1 is 0.525 bits per heavy atom. The number of Topliss-reactive ketones (excluding diaryl/α,β-unsaturated/α-hetero) is 2. The Labute approximate surface area is 466 Å². The Balaban J connectivity index is 0.000000231. The van der Waals surface area contributed by atoms with Gasteiger partial charge in [0.15, 0.2) is 11.6 Å². The third-order valence-corrected chi connectivity index (χ3v) is 13.3. The number of carboxylic acids is 1. The van der Waals surface area contributed by atoms with E-state index in [1.807, 2.05) is 141 Å². The molecule has 0 bridgehead atoms. The molecule has 0 aromatic heterocycles. The molecule has 80 heavy (non-hydrogen) atoms. The predicted octanol–water partition coefficient (Wildman–Crippen LogP) is 10.4. The van der Waals surface area contributed by atoms with Crippen LogP contribution in [0.5, 0.6) is 0 Å². The number of nitrogens with one attached hydrogen (secondary N) is 4. The number of fused-ring (bicyclic) bond motifs is 2. The number of ether oxygens (including phenoxy) is 1. The number of amides is 6. The molecule has 18 nitrogen and oxygen atoms in total. The number of anilines is 8. The molecule has 416 valence electrons. The normalized spacial score (nSPS) is 15.2. The first-order chi connectivity index (χ1) is 37.9. The van der Waals surface area contributed by atoms with E-state index in [1.54, 1.807) is 52.0 Å². The monoisotopic (exact) mass is 1080 g/mol. The highest BCUT2D eigenvalue weighted by Gasteiger charge is 2.40. The van der Waals surface area contributed by atoms with Gasteiger partial charge in [-0.05, 0) is 117 Å². The minimum Gasteiger partial charge on any atom is -0.478 e. The van der Waals surface area contributed by atoms with Gasteiger partial charge < -0.3 is 50.7 Å². The molecule has 0 aliphatic carbocycles. The van der Waals surface area contributed by atoms with E-state index in [0.717, 1.165) is 33.9 Å².